The Morgan fingerprint density at radius 2 is 2.20 bits per heavy atom. The van der Waals surface area contributed by atoms with Crippen LogP contribution in [0.25, 0.3) is 11.0 Å². The number of rotatable bonds is 2. The highest BCUT2D eigenvalue weighted by Crippen LogP contribution is 2.33. The van der Waals surface area contributed by atoms with E-state index >= 15 is 0 Å². The lowest BCUT2D eigenvalue weighted by Gasteiger charge is -2.14. The topological polar surface area (TPSA) is 60.2 Å². The summed E-state index contributed by atoms with van der Waals surface area (Å²) in [6.45, 7) is 3.97. The predicted molar refractivity (Wildman–Crippen MR) is 74.1 cm³/mol. The molecule has 2 aromatic rings. The summed E-state index contributed by atoms with van der Waals surface area (Å²) in [6.07, 6.45) is 3.53. The van der Waals surface area contributed by atoms with Gasteiger partial charge in [-0.15, -0.1) is 0 Å². The molecule has 1 fully saturated rings. The summed E-state index contributed by atoms with van der Waals surface area (Å²) < 4.78 is 21.0. The van der Waals surface area contributed by atoms with E-state index < -0.39 is 5.82 Å². The van der Waals surface area contributed by atoms with Crippen molar-refractivity contribution >= 4 is 22.6 Å². The summed E-state index contributed by atoms with van der Waals surface area (Å²) in [6, 6.07) is 0. The summed E-state index contributed by atoms with van der Waals surface area (Å²) in [4.78, 5) is 7.80. The van der Waals surface area contributed by atoms with Crippen molar-refractivity contribution in [2.45, 2.75) is 39.0 Å². The third kappa shape index (κ3) is 2.63. The Morgan fingerprint density at radius 1 is 1.45 bits per heavy atom. The normalized spacial score (nSPS) is 21.9. The first-order chi connectivity index (χ1) is 9.70. The van der Waals surface area contributed by atoms with E-state index in [9.17, 15) is 4.39 Å². The number of aliphatic hydroxyl groups excluding tert-OH is 1. The largest absolute Gasteiger partial charge is 0.394 e. The van der Waals surface area contributed by atoms with Crippen LogP contribution >= 0.6 is 11.6 Å². The Labute approximate surface area is 121 Å². The van der Waals surface area contributed by atoms with Gasteiger partial charge in [0.05, 0.1) is 18.1 Å². The monoisotopic (exact) mass is 301 g/mol. The molecule has 7 heteroatoms. The molecule has 2 atom stereocenters. The molecule has 1 saturated heterocycles. The quantitative estimate of drug-likeness (QED) is 0.866. The first-order valence-electron chi connectivity index (χ1n) is 6.63. The van der Waals surface area contributed by atoms with Crippen LogP contribution in [0.3, 0.4) is 0 Å². The van der Waals surface area contributed by atoms with Gasteiger partial charge < -0.3 is 14.4 Å². The lowest BCUT2D eigenvalue weighted by molar-refractivity contribution is -0.0206. The van der Waals surface area contributed by atoms with Crippen LogP contribution in [0.5, 0.6) is 0 Å². The number of ether oxygens (including phenoxy) is 1. The minimum Gasteiger partial charge on any atom is -0.394 e. The maximum absolute atomic E-state index is 13.8. The third-order valence-corrected chi connectivity index (χ3v) is 3.40. The van der Waals surface area contributed by atoms with Crippen molar-refractivity contribution in [3.05, 3.63) is 23.5 Å². The number of hydrogen-bond acceptors (Lipinski definition) is 4. The van der Waals surface area contributed by atoms with E-state index in [4.69, 9.17) is 21.4 Å². The third-order valence-electron chi connectivity index (χ3n) is 3.12. The van der Waals surface area contributed by atoms with Crippen molar-refractivity contribution in [1.82, 2.24) is 14.5 Å². The maximum Gasteiger partial charge on any atom is 0.153 e. The molecule has 110 valence electrons. The molecule has 0 amide bonds. The van der Waals surface area contributed by atoms with Gasteiger partial charge >= 0.3 is 0 Å². The maximum atomic E-state index is 13.8. The second-order valence-electron chi connectivity index (χ2n) is 4.22. The summed E-state index contributed by atoms with van der Waals surface area (Å²) in [5, 5.41) is 9.33. The molecule has 3 rings (SSSR count). The van der Waals surface area contributed by atoms with Crippen LogP contribution in [-0.4, -0.2) is 32.4 Å². The number of fused-ring (bicyclic) bond motifs is 1. The number of nitrogens with zero attached hydrogens (tertiary/aromatic N) is 3. The number of hydrogen-bond donors (Lipinski definition) is 1. The van der Waals surface area contributed by atoms with Crippen LogP contribution < -0.4 is 0 Å². The molecule has 0 radical (unpaired) electrons. The molecule has 2 aromatic heterocycles. The lowest BCUT2D eigenvalue weighted by atomic mass is 10.2. The number of halogens is 2. The van der Waals surface area contributed by atoms with Crippen molar-refractivity contribution < 1.29 is 14.2 Å². The number of aliphatic hydroxyl groups is 1. The van der Waals surface area contributed by atoms with E-state index in [0.717, 1.165) is 6.42 Å². The van der Waals surface area contributed by atoms with E-state index in [1.807, 2.05) is 13.8 Å². The zero-order valence-electron chi connectivity index (χ0n) is 11.4. The SMILES string of the molecule is CC.OC[C@@H]1CC[C@H](n2cc(F)c3c(Cl)ncnc32)O1. The fraction of sp³-hybridized carbons (Fsp3) is 0.538. The van der Waals surface area contributed by atoms with E-state index in [2.05, 4.69) is 9.97 Å². The molecule has 0 unspecified atom stereocenters. The van der Waals surface area contributed by atoms with Gasteiger partial charge in [-0.05, 0) is 12.8 Å². The fourth-order valence-electron chi connectivity index (χ4n) is 2.25. The molecule has 1 N–H and O–H groups in total. The van der Waals surface area contributed by atoms with Crippen molar-refractivity contribution in [1.29, 1.82) is 0 Å². The minimum absolute atomic E-state index is 0.0338. The first kappa shape index (κ1) is 15.2. The van der Waals surface area contributed by atoms with Gasteiger partial charge in [0.2, 0.25) is 0 Å². The van der Waals surface area contributed by atoms with Crippen LogP contribution in [0.15, 0.2) is 12.5 Å². The van der Waals surface area contributed by atoms with Crippen molar-refractivity contribution in [3.63, 3.8) is 0 Å². The second kappa shape index (κ2) is 6.47. The van der Waals surface area contributed by atoms with Crippen molar-refractivity contribution in [3.8, 4) is 0 Å². The highest BCUT2D eigenvalue weighted by Gasteiger charge is 2.28. The zero-order valence-corrected chi connectivity index (χ0v) is 12.1. The zero-order chi connectivity index (χ0) is 14.7. The average Bonchev–Trinajstić information content (AvgIpc) is 3.06. The molecule has 0 aliphatic carbocycles. The van der Waals surface area contributed by atoms with Crippen molar-refractivity contribution in [2.24, 2.45) is 0 Å². The van der Waals surface area contributed by atoms with Gasteiger partial charge in [-0.1, -0.05) is 25.4 Å². The predicted octanol–water partition coefficient (Wildman–Crippen LogP) is 2.92. The van der Waals surface area contributed by atoms with Gasteiger partial charge in [-0.25, -0.2) is 14.4 Å². The molecular formula is C13H17ClFN3O2. The summed E-state index contributed by atoms with van der Waals surface area (Å²) in [7, 11) is 0. The highest BCUT2D eigenvalue weighted by atomic mass is 35.5. The summed E-state index contributed by atoms with van der Waals surface area (Å²) in [5.74, 6) is -0.466. The van der Waals surface area contributed by atoms with Gasteiger partial charge in [-0.3, -0.25) is 0 Å². The van der Waals surface area contributed by atoms with Crippen LogP contribution in [0.1, 0.15) is 32.9 Å². The summed E-state index contributed by atoms with van der Waals surface area (Å²) >= 11 is 5.85. The van der Waals surface area contributed by atoms with E-state index in [1.165, 1.54) is 12.5 Å². The Kier molecular flexibility index (Phi) is 4.91. The second-order valence-corrected chi connectivity index (χ2v) is 4.58. The smallest absolute Gasteiger partial charge is 0.153 e. The molecule has 1 aliphatic rings. The lowest BCUT2D eigenvalue weighted by Crippen LogP contribution is -2.14. The number of aromatic nitrogens is 3. The molecular weight excluding hydrogens is 285 g/mol. The van der Waals surface area contributed by atoms with Crippen LogP contribution in [-0.2, 0) is 4.74 Å². The molecule has 5 nitrogen and oxygen atoms in total. The Balaban J connectivity index is 0.000000704. The van der Waals surface area contributed by atoms with E-state index in [0.29, 0.717) is 12.1 Å². The highest BCUT2D eigenvalue weighted by molar-refractivity contribution is 6.33. The van der Waals surface area contributed by atoms with Gasteiger partial charge in [0.1, 0.15) is 23.4 Å². The average molecular weight is 302 g/mol. The molecule has 0 saturated carbocycles. The molecule has 0 aromatic carbocycles. The van der Waals surface area contributed by atoms with Crippen LogP contribution in [0, 0.1) is 5.82 Å². The van der Waals surface area contributed by atoms with Gasteiger partial charge in [-0.2, -0.15) is 0 Å². The Hall–Kier alpha value is -1.24. The van der Waals surface area contributed by atoms with Gasteiger partial charge in [0, 0.05) is 6.20 Å². The Morgan fingerprint density at radius 3 is 2.85 bits per heavy atom. The molecule has 3 heterocycles. The molecule has 1 aliphatic heterocycles. The molecule has 0 spiro atoms. The van der Waals surface area contributed by atoms with Crippen LogP contribution in [0.2, 0.25) is 5.15 Å². The summed E-state index contributed by atoms with van der Waals surface area (Å²) in [5.41, 5.74) is 0.413. The van der Waals surface area contributed by atoms with E-state index in [1.54, 1.807) is 4.57 Å². The molecule has 20 heavy (non-hydrogen) atoms. The van der Waals surface area contributed by atoms with Gasteiger partial charge in [0.15, 0.2) is 5.82 Å². The van der Waals surface area contributed by atoms with E-state index in [-0.39, 0.29) is 29.5 Å². The minimum atomic E-state index is -0.466. The Bertz CT molecular complexity index is 590. The fourth-order valence-corrected chi connectivity index (χ4v) is 2.47. The van der Waals surface area contributed by atoms with Gasteiger partial charge in [0.25, 0.3) is 0 Å². The van der Waals surface area contributed by atoms with Crippen LogP contribution in [0.4, 0.5) is 4.39 Å². The van der Waals surface area contributed by atoms with Crippen molar-refractivity contribution in [2.75, 3.05) is 6.61 Å². The first-order valence-corrected chi connectivity index (χ1v) is 7.01. The standard InChI is InChI=1S/C11H11ClFN3O2.C2H6/c12-10-9-7(13)3-16(11(9)15-5-14-10)8-2-1-6(4-17)18-8;1-2/h3,5-6,8,17H,1-2,4H2;1-2H3/t6-,8+;/m0./s1. The molecule has 0 bridgehead atoms.